The Labute approximate surface area is 195 Å². The number of nitrogens with one attached hydrogen (secondary N) is 1. The van der Waals surface area contributed by atoms with Crippen LogP contribution >= 0.6 is 11.3 Å². The van der Waals surface area contributed by atoms with Gasteiger partial charge in [0.25, 0.3) is 11.5 Å². The molecule has 7 nitrogen and oxygen atoms in total. The Kier molecular flexibility index (Phi) is 6.00. The summed E-state index contributed by atoms with van der Waals surface area (Å²) in [5.41, 5.74) is 0.989. The van der Waals surface area contributed by atoms with E-state index in [0.717, 1.165) is 17.0 Å². The van der Waals surface area contributed by atoms with Gasteiger partial charge in [0.2, 0.25) is 5.91 Å². The number of hydrogen-bond acceptors (Lipinski definition) is 5. The monoisotopic (exact) mass is 463 g/mol. The second kappa shape index (κ2) is 9.23. The SMILES string of the molecule is O=C(COc1ccccc1)Nc1ccc2n(c1=O)C[C@@H]1C[C@@H]2CN(C(=O)Cc2cccs2)C1. The molecular weight excluding hydrogens is 438 g/mol. The molecule has 2 amide bonds. The van der Waals surface area contributed by atoms with E-state index in [1.54, 1.807) is 34.1 Å². The summed E-state index contributed by atoms with van der Waals surface area (Å²) in [4.78, 5) is 41.3. The van der Waals surface area contributed by atoms with Gasteiger partial charge in [0.15, 0.2) is 6.61 Å². The van der Waals surface area contributed by atoms with Gasteiger partial charge in [0.05, 0.1) is 6.42 Å². The van der Waals surface area contributed by atoms with Crippen molar-refractivity contribution in [2.24, 2.45) is 5.92 Å². The minimum absolute atomic E-state index is 0.128. The highest BCUT2D eigenvalue weighted by Gasteiger charge is 2.36. The number of amides is 2. The third kappa shape index (κ3) is 4.71. The molecule has 1 fully saturated rings. The van der Waals surface area contributed by atoms with Gasteiger partial charge in [-0.25, -0.2) is 0 Å². The normalized spacial score (nSPS) is 19.0. The molecule has 2 aliphatic rings. The first-order valence-corrected chi connectivity index (χ1v) is 12.0. The second-order valence-electron chi connectivity index (χ2n) is 8.59. The molecular formula is C25H25N3O4S. The maximum atomic E-state index is 13.1. The summed E-state index contributed by atoms with van der Waals surface area (Å²) in [5.74, 6) is 0.723. The summed E-state index contributed by atoms with van der Waals surface area (Å²) >= 11 is 1.60. The minimum atomic E-state index is -0.377. The highest BCUT2D eigenvalue weighted by Crippen LogP contribution is 2.35. The van der Waals surface area contributed by atoms with Gasteiger partial charge in [-0.3, -0.25) is 14.4 Å². The molecule has 0 radical (unpaired) electrons. The van der Waals surface area contributed by atoms with Crippen molar-refractivity contribution >= 4 is 28.8 Å². The van der Waals surface area contributed by atoms with Crippen LogP contribution in [0.4, 0.5) is 5.69 Å². The number of anilines is 1. The largest absolute Gasteiger partial charge is 0.484 e. The maximum absolute atomic E-state index is 13.1. The molecule has 8 heteroatoms. The molecule has 4 heterocycles. The fourth-order valence-electron chi connectivity index (χ4n) is 4.77. The average Bonchev–Trinajstić information content (AvgIpc) is 3.33. The van der Waals surface area contributed by atoms with Gasteiger partial charge in [0, 0.05) is 36.1 Å². The topological polar surface area (TPSA) is 80.6 Å². The smallest absolute Gasteiger partial charge is 0.274 e. The molecule has 2 aromatic heterocycles. The standard InChI is InChI=1S/C25H25N3O4S/c29-23(16-32-19-5-2-1-3-6-19)26-21-8-9-22-18-11-17(14-28(22)25(21)31)13-27(15-18)24(30)12-20-7-4-10-33-20/h1-10,17-18H,11-16H2,(H,26,29)/t17-,18-/m1/s1. The lowest BCUT2D eigenvalue weighted by molar-refractivity contribution is -0.133. The number of nitrogens with zero attached hydrogens (tertiary/aromatic N) is 2. The first-order valence-electron chi connectivity index (χ1n) is 11.1. The Bertz CT molecular complexity index is 1210. The van der Waals surface area contributed by atoms with Crippen LogP contribution in [-0.4, -0.2) is 41.0 Å². The third-order valence-electron chi connectivity index (χ3n) is 6.25. The van der Waals surface area contributed by atoms with E-state index in [2.05, 4.69) is 5.32 Å². The molecule has 2 aliphatic heterocycles. The molecule has 1 saturated heterocycles. The van der Waals surface area contributed by atoms with Gasteiger partial charge >= 0.3 is 0 Å². The van der Waals surface area contributed by atoms with E-state index in [4.69, 9.17) is 4.74 Å². The molecule has 3 aromatic rings. The van der Waals surface area contributed by atoms with E-state index in [9.17, 15) is 14.4 Å². The van der Waals surface area contributed by atoms with Crippen molar-refractivity contribution in [3.05, 3.63) is 80.9 Å². The Hall–Kier alpha value is -3.39. The van der Waals surface area contributed by atoms with Crippen LogP contribution in [0.15, 0.2) is 64.8 Å². The van der Waals surface area contributed by atoms with Gasteiger partial charge in [-0.05, 0) is 48.1 Å². The zero-order valence-corrected chi connectivity index (χ0v) is 18.9. The lowest BCUT2D eigenvalue weighted by atomic mass is 9.83. The number of carbonyl (C=O) groups excluding carboxylic acids is 2. The van der Waals surface area contributed by atoms with E-state index in [1.807, 2.05) is 46.7 Å². The Morgan fingerprint density at radius 1 is 1.03 bits per heavy atom. The molecule has 2 bridgehead atoms. The molecule has 1 aromatic carbocycles. The van der Waals surface area contributed by atoms with Crippen molar-refractivity contribution in [1.82, 2.24) is 9.47 Å². The highest BCUT2D eigenvalue weighted by molar-refractivity contribution is 7.10. The molecule has 1 N–H and O–H groups in total. The van der Waals surface area contributed by atoms with Gasteiger partial charge in [-0.2, -0.15) is 0 Å². The van der Waals surface area contributed by atoms with Crippen LogP contribution in [0.2, 0.25) is 0 Å². The molecule has 0 saturated carbocycles. The van der Waals surface area contributed by atoms with Crippen molar-refractivity contribution in [2.75, 3.05) is 25.0 Å². The van der Waals surface area contributed by atoms with Crippen LogP contribution < -0.4 is 15.6 Å². The molecule has 0 aliphatic carbocycles. The zero-order valence-electron chi connectivity index (χ0n) is 18.1. The van der Waals surface area contributed by atoms with Crippen LogP contribution in [0.1, 0.15) is 22.9 Å². The fourth-order valence-corrected chi connectivity index (χ4v) is 5.47. The van der Waals surface area contributed by atoms with E-state index >= 15 is 0 Å². The number of rotatable bonds is 6. The van der Waals surface area contributed by atoms with Crippen LogP contribution in [-0.2, 0) is 22.6 Å². The fraction of sp³-hybridized carbons (Fsp3) is 0.320. The third-order valence-corrected chi connectivity index (χ3v) is 7.13. The minimum Gasteiger partial charge on any atom is -0.484 e. The van der Waals surface area contributed by atoms with Gasteiger partial charge < -0.3 is 19.5 Å². The van der Waals surface area contributed by atoms with Gasteiger partial charge in [0.1, 0.15) is 11.4 Å². The number of benzene rings is 1. The number of aromatic nitrogens is 1. The Morgan fingerprint density at radius 3 is 2.67 bits per heavy atom. The number of para-hydroxylation sites is 1. The summed E-state index contributed by atoms with van der Waals surface area (Å²) < 4.78 is 7.24. The summed E-state index contributed by atoms with van der Waals surface area (Å²) in [6.45, 7) is 1.67. The number of hydrogen-bond donors (Lipinski definition) is 1. The number of likely N-dealkylation sites (tertiary alicyclic amines) is 1. The maximum Gasteiger partial charge on any atom is 0.274 e. The van der Waals surface area contributed by atoms with Crippen LogP contribution in [0.3, 0.4) is 0 Å². The number of fused-ring (bicyclic) bond motifs is 4. The van der Waals surface area contributed by atoms with E-state index in [0.29, 0.717) is 31.8 Å². The first kappa shape index (κ1) is 21.5. The van der Waals surface area contributed by atoms with Crippen molar-refractivity contribution in [3.8, 4) is 5.75 Å². The van der Waals surface area contributed by atoms with Crippen molar-refractivity contribution in [3.63, 3.8) is 0 Å². The number of carbonyl (C=O) groups is 2. The van der Waals surface area contributed by atoms with E-state index in [-0.39, 0.29) is 41.5 Å². The second-order valence-corrected chi connectivity index (χ2v) is 9.62. The number of thiophene rings is 1. The summed E-state index contributed by atoms with van der Waals surface area (Å²) in [6.07, 6.45) is 1.40. The van der Waals surface area contributed by atoms with Crippen molar-refractivity contribution in [1.29, 1.82) is 0 Å². The number of pyridine rings is 1. The van der Waals surface area contributed by atoms with Crippen LogP contribution in [0, 0.1) is 5.92 Å². The van der Waals surface area contributed by atoms with Crippen LogP contribution in [0.5, 0.6) is 5.75 Å². The first-order chi connectivity index (χ1) is 16.1. The molecule has 2 atom stereocenters. The van der Waals surface area contributed by atoms with Crippen molar-refractivity contribution in [2.45, 2.75) is 25.3 Å². The van der Waals surface area contributed by atoms with Crippen LogP contribution in [0.25, 0.3) is 0 Å². The summed E-state index contributed by atoms with van der Waals surface area (Å²) in [5, 5.41) is 4.67. The van der Waals surface area contributed by atoms with Crippen molar-refractivity contribution < 1.29 is 14.3 Å². The Morgan fingerprint density at radius 2 is 1.88 bits per heavy atom. The van der Waals surface area contributed by atoms with E-state index < -0.39 is 0 Å². The lowest BCUT2D eigenvalue weighted by Gasteiger charge is -2.43. The summed E-state index contributed by atoms with van der Waals surface area (Å²) in [6, 6.07) is 16.6. The lowest BCUT2D eigenvalue weighted by Crippen LogP contribution is -2.49. The summed E-state index contributed by atoms with van der Waals surface area (Å²) in [7, 11) is 0. The molecule has 170 valence electrons. The number of piperidine rings is 1. The quantitative estimate of drug-likeness (QED) is 0.609. The highest BCUT2D eigenvalue weighted by atomic mass is 32.1. The Balaban J connectivity index is 1.26. The predicted molar refractivity (Wildman–Crippen MR) is 127 cm³/mol. The molecule has 0 spiro atoms. The van der Waals surface area contributed by atoms with Gasteiger partial charge in [-0.1, -0.05) is 24.3 Å². The molecule has 5 rings (SSSR count). The predicted octanol–water partition coefficient (Wildman–Crippen LogP) is 3.12. The van der Waals surface area contributed by atoms with E-state index in [1.165, 1.54) is 0 Å². The zero-order chi connectivity index (χ0) is 22.8. The average molecular weight is 464 g/mol. The molecule has 33 heavy (non-hydrogen) atoms. The van der Waals surface area contributed by atoms with Gasteiger partial charge in [-0.15, -0.1) is 11.3 Å². The number of ether oxygens (including phenoxy) is 1. The molecule has 0 unspecified atom stereocenters.